The number of amides is 1. The summed E-state index contributed by atoms with van der Waals surface area (Å²) < 4.78 is 58.9. The molecule has 3 aromatic carbocycles. The van der Waals surface area contributed by atoms with E-state index in [1.54, 1.807) is 30.6 Å². The van der Waals surface area contributed by atoms with Gasteiger partial charge >= 0.3 is 0 Å². The number of carbonyl (C=O) groups excluding carboxylic acids is 1. The topological polar surface area (TPSA) is 113 Å². The maximum absolute atomic E-state index is 15.4. The third kappa shape index (κ3) is 6.76. The van der Waals surface area contributed by atoms with E-state index in [0.717, 1.165) is 25.7 Å². The van der Waals surface area contributed by atoms with E-state index in [2.05, 4.69) is 15.2 Å². The molecule has 0 radical (unpaired) electrons. The molecule has 0 atom stereocenters. The second-order valence-electron chi connectivity index (χ2n) is 11.4. The summed E-state index contributed by atoms with van der Waals surface area (Å²) in [7, 11) is 1.54. The number of morpholine rings is 1. The Morgan fingerprint density at radius 3 is 2.55 bits per heavy atom. The first-order chi connectivity index (χ1) is 23.9. The smallest absolute Gasteiger partial charge is 0.271 e. The Kier molecular flexibility index (Phi) is 9.09. The third-order valence-corrected chi connectivity index (χ3v) is 8.35. The normalized spacial score (nSPS) is 14.3. The number of rotatable bonds is 10. The average molecular weight is 671 g/mol. The first kappa shape index (κ1) is 32.0. The van der Waals surface area contributed by atoms with Gasteiger partial charge in [-0.05, 0) is 48.5 Å². The average Bonchev–Trinajstić information content (AvgIpc) is 3.58. The van der Waals surface area contributed by atoms with Crippen LogP contribution < -0.4 is 29.8 Å². The lowest BCUT2D eigenvalue weighted by Gasteiger charge is -2.26. The minimum Gasteiger partial charge on any atom is -0.493 e. The highest BCUT2D eigenvalue weighted by Crippen LogP contribution is 2.38. The molecule has 49 heavy (non-hydrogen) atoms. The van der Waals surface area contributed by atoms with E-state index < -0.39 is 23.1 Å². The molecule has 11 nitrogen and oxygen atoms in total. The molecule has 4 heterocycles. The number of aromatic nitrogens is 2. The maximum Gasteiger partial charge on any atom is 0.271 e. The van der Waals surface area contributed by atoms with Crippen molar-refractivity contribution in [3.05, 3.63) is 106 Å². The van der Waals surface area contributed by atoms with Gasteiger partial charge in [-0.3, -0.25) is 24.0 Å². The zero-order valence-corrected chi connectivity index (χ0v) is 26.5. The highest BCUT2D eigenvalue weighted by molar-refractivity contribution is 6.06. The second-order valence-corrected chi connectivity index (χ2v) is 11.4. The van der Waals surface area contributed by atoms with Gasteiger partial charge in [0.15, 0.2) is 23.1 Å². The number of carbonyl (C=O) groups is 1. The summed E-state index contributed by atoms with van der Waals surface area (Å²) in [6.07, 6.45) is 3.61. The first-order valence-electron chi connectivity index (χ1n) is 15.7. The predicted octanol–water partition coefficient (Wildman–Crippen LogP) is 5.36. The number of fused-ring (bicyclic) bond motifs is 2. The van der Waals surface area contributed by atoms with Crippen molar-refractivity contribution in [2.24, 2.45) is 0 Å². The van der Waals surface area contributed by atoms with Gasteiger partial charge in [0.25, 0.3) is 11.5 Å². The van der Waals surface area contributed by atoms with Crippen molar-refractivity contribution < 1.29 is 37.3 Å². The van der Waals surface area contributed by atoms with Crippen LogP contribution in [0.3, 0.4) is 0 Å². The monoisotopic (exact) mass is 670 g/mol. The number of nitrogens with one attached hydrogen (secondary N) is 1. The zero-order valence-electron chi connectivity index (χ0n) is 26.5. The third-order valence-electron chi connectivity index (χ3n) is 8.35. The Labute approximate surface area is 279 Å². The van der Waals surface area contributed by atoms with Crippen molar-refractivity contribution in [1.29, 1.82) is 0 Å². The van der Waals surface area contributed by atoms with Gasteiger partial charge in [-0.15, -0.1) is 0 Å². The van der Waals surface area contributed by atoms with Gasteiger partial charge < -0.3 is 29.0 Å². The fourth-order valence-corrected chi connectivity index (χ4v) is 5.82. The molecule has 0 bridgehead atoms. The van der Waals surface area contributed by atoms with Crippen molar-refractivity contribution in [3.63, 3.8) is 0 Å². The fourth-order valence-electron chi connectivity index (χ4n) is 5.82. The Bertz CT molecular complexity index is 2080. The van der Waals surface area contributed by atoms with E-state index in [4.69, 9.17) is 23.7 Å². The minimum atomic E-state index is -0.775. The van der Waals surface area contributed by atoms with Crippen LogP contribution in [0.4, 0.5) is 14.5 Å². The number of nitrogens with zero attached hydrogens (tertiary/aromatic N) is 3. The van der Waals surface area contributed by atoms with Crippen LogP contribution in [-0.4, -0.2) is 73.5 Å². The van der Waals surface area contributed by atoms with Crippen molar-refractivity contribution >= 4 is 22.5 Å². The molecule has 7 rings (SSSR count). The summed E-state index contributed by atoms with van der Waals surface area (Å²) in [6, 6.07) is 14.4. The van der Waals surface area contributed by atoms with Crippen molar-refractivity contribution in [2.45, 2.75) is 6.42 Å². The SMILES string of the molecule is COc1cc2c(Oc3ccc(NC(=O)c4c5c(cn(-c6ccc(F)cc6)c4=O)CCO5)cc3F)ccnc2cc1OCCN1CCOCC1. The van der Waals surface area contributed by atoms with E-state index in [0.29, 0.717) is 72.3 Å². The molecule has 252 valence electrons. The molecule has 13 heteroatoms. The molecule has 2 aliphatic heterocycles. The Balaban J connectivity index is 1.09. The quantitative estimate of drug-likeness (QED) is 0.210. The van der Waals surface area contributed by atoms with Gasteiger partial charge in [-0.1, -0.05) is 0 Å². The van der Waals surface area contributed by atoms with Crippen LogP contribution in [0.1, 0.15) is 15.9 Å². The van der Waals surface area contributed by atoms with E-state index in [-0.39, 0.29) is 22.7 Å². The Morgan fingerprint density at radius 1 is 0.959 bits per heavy atom. The molecule has 0 unspecified atom stereocenters. The molecule has 1 N–H and O–H groups in total. The molecule has 1 saturated heterocycles. The first-order valence-corrected chi connectivity index (χ1v) is 15.7. The van der Waals surface area contributed by atoms with Gasteiger partial charge in [0.2, 0.25) is 0 Å². The number of benzene rings is 3. The number of pyridine rings is 2. The van der Waals surface area contributed by atoms with Gasteiger partial charge in [0.1, 0.15) is 29.5 Å². The molecular weight excluding hydrogens is 638 g/mol. The second kappa shape index (κ2) is 13.9. The molecule has 2 aliphatic rings. The van der Waals surface area contributed by atoms with E-state index >= 15 is 4.39 Å². The lowest BCUT2D eigenvalue weighted by atomic mass is 10.1. The van der Waals surface area contributed by atoms with Crippen LogP contribution in [0.15, 0.2) is 77.9 Å². The minimum absolute atomic E-state index is 0.0957. The summed E-state index contributed by atoms with van der Waals surface area (Å²) in [5, 5.41) is 3.18. The number of methoxy groups -OCH3 is 1. The number of hydrogen-bond donors (Lipinski definition) is 1. The molecule has 2 aromatic heterocycles. The van der Waals surface area contributed by atoms with Gasteiger partial charge in [0, 0.05) is 72.9 Å². The highest BCUT2D eigenvalue weighted by Gasteiger charge is 2.27. The van der Waals surface area contributed by atoms with Gasteiger partial charge in [-0.25, -0.2) is 8.78 Å². The molecule has 5 aromatic rings. The predicted molar refractivity (Wildman–Crippen MR) is 177 cm³/mol. The molecular formula is C36H32F2N4O7. The summed E-state index contributed by atoms with van der Waals surface area (Å²) in [5.74, 6) is -0.584. The Morgan fingerprint density at radius 2 is 1.78 bits per heavy atom. The van der Waals surface area contributed by atoms with E-state index in [1.807, 2.05) is 0 Å². The Hall–Kier alpha value is -5.53. The fraction of sp³-hybridized carbons (Fsp3) is 0.250. The van der Waals surface area contributed by atoms with Crippen LogP contribution in [0.2, 0.25) is 0 Å². The summed E-state index contributed by atoms with van der Waals surface area (Å²) in [5.41, 5.74) is 0.803. The summed E-state index contributed by atoms with van der Waals surface area (Å²) in [6.45, 7) is 4.61. The standard InChI is InChI=1S/C36H32F2N4O7/c1-45-31-19-26-28(20-32(31)47-17-13-41-11-15-46-16-12-41)39-10-8-29(26)49-30-7-4-24(18-27(30)38)40-35(43)33-34-22(9-14-48-34)21-42(36(33)44)25-5-2-23(37)3-6-25/h2-8,10,18-21H,9,11-17H2,1H3,(H,40,43). The molecule has 0 saturated carbocycles. The number of ether oxygens (including phenoxy) is 5. The van der Waals surface area contributed by atoms with E-state index in [9.17, 15) is 14.0 Å². The zero-order chi connectivity index (χ0) is 33.9. The van der Waals surface area contributed by atoms with E-state index in [1.165, 1.54) is 48.1 Å². The van der Waals surface area contributed by atoms with Crippen LogP contribution in [0, 0.1) is 11.6 Å². The van der Waals surface area contributed by atoms with Crippen LogP contribution >= 0.6 is 0 Å². The molecule has 0 aliphatic carbocycles. The van der Waals surface area contributed by atoms with Crippen molar-refractivity contribution in [1.82, 2.24) is 14.5 Å². The largest absolute Gasteiger partial charge is 0.493 e. The van der Waals surface area contributed by atoms with Crippen LogP contribution in [0.25, 0.3) is 16.6 Å². The van der Waals surface area contributed by atoms with Crippen LogP contribution in [-0.2, 0) is 11.2 Å². The molecule has 1 fully saturated rings. The number of hydrogen-bond acceptors (Lipinski definition) is 9. The van der Waals surface area contributed by atoms with Crippen molar-refractivity contribution in [2.75, 3.05) is 58.5 Å². The summed E-state index contributed by atoms with van der Waals surface area (Å²) in [4.78, 5) is 33.6. The highest BCUT2D eigenvalue weighted by atomic mass is 19.1. The molecule has 0 spiro atoms. The van der Waals surface area contributed by atoms with Crippen molar-refractivity contribution in [3.8, 4) is 34.4 Å². The molecule has 1 amide bonds. The van der Waals surface area contributed by atoms with Gasteiger partial charge in [-0.2, -0.15) is 0 Å². The van der Waals surface area contributed by atoms with Gasteiger partial charge in [0.05, 0.1) is 32.4 Å². The number of halogens is 2. The lowest BCUT2D eigenvalue weighted by molar-refractivity contribution is 0.0321. The lowest BCUT2D eigenvalue weighted by Crippen LogP contribution is -2.38. The maximum atomic E-state index is 15.4. The summed E-state index contributed by atoms with van der Waals surface area (Å²) >= 11 is 0. The van der Waals surface area contributed by atoms with Crippen LogP contribution in [0.5, 0.6) is 28.7 Å². The number of anilines is 1.